The van der Waals surface area contributed by atoms with Gasteiger partial charge in [0.15, 0.2) is 0 Å². The molecular formula is C35H42N6O4S. The predicted molar refractivity (Wildman–Crippen MR) is 180 cm³/mol. The number of piperazine rings is 1. The molecule has 0 spiro atoms. The first-order valence-electron chi connectivity index (χ1n) is 16.0. The van der Waals surface area contributed by atoms with E-state index in [0.717, 1.165) is 68.6 Å². The first-order chi connectivity index (χ1) is 22.4. The number of para-hydroxylation sites is 1. The number of benzene rings is 3. The number of H-pyrrole nitrogens is 1. The van der Waals surface area contributed by atoms with Crippen LogP contribution in [0.1, 0.15) is 40.3 Å². The van der Waals surface area contributed by atoms with Crippen LogP contribution in [0.3, 0.4) is 0 Å². The lowest BCUT2D eigenvalue weighted by atomic mass is 10.0. The van der Waals surface area contributed by atoms with Gasteiger partial charge in [0.05, 0.1) is 4.90 Å². The standard InChI is InChI=1S/C35H42N6O4S/c42-35(39-43)13-9-26-8-11-32-28(22-26)10-12-34(32)41(18-14-29-24-37-33-7-2-1-6-31(29)33)25-27-4-3-5-30(23-27)46(44,45)38-17-21-40-19-15-36-16-20-40/h1-9,11,13,22-24,34,36-38,43H,10,12,14-21,25H2,(H,39,42). The van der Waals surface area contributed by atoms with E-state index in [2.05, 4.69) is 61.4 Å². The van der Waals surface area contributed by atoms with Crippen molar-refractivity contribution in [2.75, 3.05) is 45.8 Å². The maximum absolute atomic E-state index is 13.3. The van der Waals surface area contributed by atoms with Crippen LogP contribution in [-0.2, 0) is 34.2 Å². The van der Waals surface area contributed by atoms with Gasteiger partial charge in [-0.3, -0.25) is 19.8 Å². The zero-order valence-corrected chi connectivity index (χ0v) is 26.7. The number of hydrogen-bond acceptors (Lipinski definition) is 7. The maximum atomic E-state index is 13.3. The molecule has 0 saturated carbocycles. The van der Waals surface area contributed by atoms with Gasteiger partial charge in [0.2, 0.25) is 10.0 Å². The van der Waals surface area contributed by atoms with Gasteiger partial charge in [0.25, 0.3) is 5.91 Å². The maximum Gasteiger partial charge on any atom is 0.267 e. The summed E-state index contributed by atoms with van der Waals surface area (Å²) in [6.07, 6.45) is 7.78. The summed E-state index contributed by atoms with van der Waals surface area (Å²) in [6, 6.07) is 22.0. The fraction of sp³-hybridized carbons (Fsp3) is 0.343. The van der Waals surface area contributed by atoms with Gasteiger partial charge in [-0.05, 0) is 71.4 Å². The number of nitrogens with zero attached hydrogens (tertiary/aromatic N) is 2. The lowest BCUT2D eigenvalue weighted by Gasteiger charge is -2.30. The van der Waals surface area contributed by atoms with Crippen LogP contribution in [0.5, 0.6) is 0 Å². The van der Waals surface area contributed by atoms with Gasteiger partial charge in [-0.15, -0.1) is 0 Å². The molecule has 1 aromatic heterocycles. The van der Waals surface area contributed by atoms with E-state index < -0.39 is 15.9 Å². The van der Waals surface area contributed by atoms with Crippen molar-refractivity contribution in [1.82, 2.24) is 30.3 Å². The molecule has 0 bridgehead atoms. The Morgan fingerprint density at radius 1 is 1.07 bits per heavy atom. The number of hydroxylamine groups is 1. The number of fused-ring (bicyclic) bond motifs is 2. The van der Waals surface area contributed by atoms with Crippen LogP contribution < -0.4 is 15.5 Å². The van der Waals surface area contributed by atoms with Crippen molar-refractivity contribution < 1.29 is 18.4 Å². The van der Waals surface area contributed by atoms with Crippen LogP contribution in [0.4, 0.5) is 0 Å². The molecule has 242 valence electrons. The summed E-state index contributed by atoms with van der Waals surface area (Å²) >= 11 is 0. The Morgan fingerprint density at radius 3 is 2.76 bits per heavy atom. The first-order valence-corrected chi connectivity index (χ1v) is 17.4. The van der Waals surface area contributed by atoms with Gasteiger partial charge in [-0.1, -0.05) is 48.5 Å². The van der Waals surface area contributed by atoms with E-state index in [4.69, 9.17) is 5.21 Å². The third kappa shape index (κ3) is 7.75. The quantitative estimate of drug-likeness (QED) is 0.0857. The van der Waals surface area contributed by atoms with Gasteiger partial charge in [0, 0.05) is 81.6 Å². The van der Waals surface area contributed by atoms with E-state index in [9.17, 15) is 13.2 Å². The minimum atomic E-state index is -3.64. The minimum absolute atomic E-state index is 0.163. The number of aryl methyl sites for hydroxylation is 1. The van der Waals surface area contributed by atoms with Crippen LogP contribution in [0.25, 0.3) is 17.0 Å². The number of hydrogen-bond donors (Lipinski definition) is 5. The fourth-order valence-electron chi connectivity index (χ4n) is 6.66. The number of aromatic nitrogens is 1. The van der Waals surface area contributed by atoms with Crippen molar-refractivity contribution in [3.05, 3.63) is 107 Å². The molecule has 6 rings (SSSR count). The van der Waals surface area contributed by atoms with Crippen LogP contribution in [0.2, 0.25) is 0 Å². The number of nitrogens with one attached hydrogen (secondary N) is 4. The number of amides is 1. The molecule has 10 nitrogen and oxygen atoms in total. The summed E-state index contributed by atoms with van der Waals surface area (Å²) in [6.45, 7) is 6.18. The van der Waals surface area contributed by atoms with Gasteiger partial charge in [-0.25, -0.2) is 18.6 Å². The van der Waals surface area contributed by atoms with Crippen molar-refractivity contribution in [1.29, 1.82) is 0 Å². The first kappa shape index (κ1) is 32.1. The number of carbonyl (C=O) groups excluding carboxylic acids is 1. The molecule has 3 aromatic carbocycles. The van der Waals surface area contributed by atoms with Gasteiger partial charge in [0.1, 0.15) is 0 Å². The van der Waals surface area contributed by atoms with Gasteiger partial charge in [-0.2, -0.15) is 0 Å². The number of carbonyl (C=O) groups is 1. The Bertz CT molecular complexity index is 1800. The predicted octanol–water partition coefficient (Wildman–Crippen LogP) is 3.60. The SMILES string of the molecule is O=C(C=Cc1ccc2c(c1)CCC2N(CCc1c[nH]c2ccccc12)Cc1cccc(S(=O)(=O)NCCN2CCNCC2)c1)NO. The normalized spacial score (nSPS) is 17.2. The number of sulfonamides is 1. The molecular weight excluding hydrogens is 600 g/mol. The average molecular weight is 643 g/mol. The Kier molecular flexibility index (Phi) is 10.3. The largest absolute Gasteiger partial charge is 0.361 e. The van der Waals surface area contributed by atoms with Crippen molar-refractivity contribution in [3.8, 4) is 0 Å². The Morgan fingerprint density at radius 2 is 1.91 bits per heavy atom. The van der Waals surface area contributed by atoms with E-state index >= 15 is 0 Å². The molecule has 5 N–H and O–H groups in total. The molecule has 2 aliphatic rings. The smallest absolute Gasteiger partial charge is 0.267 e. The third-order valence-corrected chi connectivity index (χ3v) is 10.5. The van der Waals surface area contributed by atoms with E-state index in [1.165, 1.54) is 28.2 Å². The highest BCUT2D eigenvalue weighted by Crippen LogP contribution is 2.38. The molecule has 1 aliphatic carbocycles. The monoisotopic (exact) mass is 642 g/mol. The highest BCUT2D eigenvalue weighted by Gasteiger charge is 2.28. The van der Waals surface area contributed by atoms with Crippen LogP contribution in [0.15, 0.2) is 83.9 Å². The molecule has 11 heteroatoms. The van der Waals surface area contributed by atoms with E-state index in [1.807, 2.05) is 30.3 Å². The molecule has 1 fully saturated rings. The molecule has 2 heterocycles. The highest BCUT2D eigenvalue weighted by atomic mass is 32.2. The van der Waals surface area contributed by atoms with Gasteiger partial charge >= 0.3 is 0 Å². The van der Waals surface area contributed by atoms with E-state index in [1.54, 1.807) is 17.6 Å². The topological polar surface area (TPSA) is 130 Å². The lowest BCUT2D eigenvalue weighted by molar-refractivity contribution is -0.124. The minimum Gasteiger partial charge on any atom is -0.361 e. The summed E-state index contributed by atoms with van der Waals surface area (Å²) in [5.74, 6) is -0.569. The van der Waals surface area contributed by atoms with Crippen LogP contribution in [0, 0.1) is 0 Å². The summed E-state index contributed by atoms with van der Waals surface area (Å²) in [5, 5.41) is 13.4. The van der Waals surface area contributed by atoms with E-state index in [0.29, 0.717) is 19.6 Å². The zero-order chi connectivity index (χ0) is 31.9. The molecule has 4 aromatic rings. The second-order valence-electron chi connectivity index (χ2n) is 12.0. The van der Waals surface area contributed by atoms with E-state index in [-0.39, 0.29) is 10.9 Å². The van der Waals surface area contributed by atoms with Crippen molar-refractivity contribution in [3.63, 3.8) is 0 Å². The summed E-state index contributed by atoms with van der Waals surface area (Å²) in [7, 11) is -3.64. The Labute approximate surface area is 270 Å². The van der Waals surface area contributed by atoms with Crippen LogP contribution in [-0.4, -0.2) is 80.1 Å². The second kappa shape index (κ2) is 14.7. The third-order valence-electron chi connectivity index (χ3n) is 9.06. The Balaban J connectivity index is 1.21. The molecule has 1 amide bonds. The fourth-order valence-corrected chi connectivity index (χ4v) is 7.75. The zero-order valence-electron chi connectivity index (χ0n) is 25.9. The summed E-state index contributed by atoms with van der Waals surface area (Å²) in [4.78, 5) is 19.9. The molecule has 1 atom stereocenters. The summed E-state index contributed by atoms with van der Waals surface area (Å²) < 4.78 is 29.4. The van der Waals surface area contributed by atoms with Gasteiger partial charge < -0.3 is 10.3 Å². The highest BCUT2D eigenvalue weighted by molar-refractivity contribution is 7.89. The average Bonchev–Trinajstić information content (AvgIpc) is 3.70. The Hall–Kier alpha value is -3.84. The number of rotatable bonds is 13. The van der Waals surface area contributed by atoms with Crippen molar-refractivity contribution in [2.45, 2.75) is 36.7 Å². The lowest BCUT2D eigenvalue weighted by Crippen LogP contribution is -2.46. The number of aromatic amines is 1. The molecule has 1 saturated heterocycles. The van der Waals surface area contributed by atoms with Crippen LogP contribution >= 0.6 is 0 Å². The molecule has 1 aliphatic heterocycles. The second-order valence-corrected chi connectivity index (χ2v) is 13.8. The van der Waals surface area contributed by atoms with Crippen molar-refractivity contribution in [2.24, 2.45) is 0 Å². The summed E-state index contributed by atoms with van der Waals surface area (Å²) in [5.41, 5.74) is 8.34. The molecule has 0 radical (unpaired) electrons. The molecule has 1 unspecified atom stereocenters. The van der Waals surface area contributed by atoms with Crippen molar-refractivity contribution >= 4 is 32.9 Å². The molecule has 46 heavy (non-hydrogen) atoms.